The third-order valence-corrected chi connectivity index (χ3v) is 4.43. The van der Waals surface area contributed by atoms with E-state index in [0.29, 0.717) is 6.10 Å². The van der Waals surface area contributed by atoms with Crippen LogP contribution in [0.3, 0.4) is 0 Å². The average molecular weight is 241 g/mol. The smallest absolute Gasteiger partial charge is 0.0586 e. The van der Waals surface area contributed by atoms with Gasteiger partial charge in [0.2, 0.25) is 0 Å². The molecule has 0 aromatic rings. The zero-order valence-corrected chi connectivity index (χ0v) is 12.2. The topological polar surface area (TPSA) is 12.5 Å². The molecule has 1 saturated carbocycles. The Hall–Kier alpha value is -0.0800. The zero-order valence-electron chi connectivity index (χ0n) is 12.2. The van der Waals surface area contributed by atoms with Gasteiger partial charge in [0.1, 0.15) is 0 Å². The molecule has 0 N–H and O–H groups in total. The maximum Gasteiger partial charge on any atom is 0.0586 e. The molecule has 2 heteroatoms. The highest BCUT2D eigenvalue weighted by atomic mass is 16.5. The predicted octanol–water partition coefficient (Wildman–Crippen LogP) is 3.70. The van der Waals surface area contributed by atoms with Crippen molar-refractivity contribution in [2.24, 2.45) is 5.92 Å². The number of hydrogen-bond donors (Lipinski definition) is 0. The molecule has 2 nitrogen and oxygen atoms in total. The zero-order chi connectivity index (χ0) is 12.7. The lowest BCUT2D eigenvalue weighted by Gasteiger charge is -2.35. The van der Waals surface area contributed by atoms with Crippen LogP contribution in [0.2, 0.25) is 0 Å². The Bertz CT molecular complexity index is 187. The molecule has 0 spiro atoms. The molecule has 1 aliphatic heterocycles. The highest BCUT2D eigenvalue weighted by Gasteiger charge is 2.31. The van der Waals surface area contributed by atoms with Crippen LogP contribution in [-0.2, 0) is 4.74 Å². The largest absolute Gasteiger partial charge is 0.381 e. The molecule has 0 radical (unpaired) electrons. The fourth-order valence-electron chi connectivity index (χ4n) is 3.19. The van der Waals surface area contributed by atoms with Crippen LogP contribution in [-0.4, -0.2) is 37.2 Å². The molecule has 0 aromatic carbocycles. The van der Waals surface area contributed by atoms with Crippen LogP contribution in [0.25, 0.3) is 0 Å². The van der Waals surface area contributed by atoms with Crippen molar-refractivity contribution < 1.29 is 4.74 Å². The Morgan fingerprint density at radius 2 is 1.71 bits per heavy atom. The van der Waals surface area contributed by atoms with Crippen molar-refractivity contribution in [1.82, 2.24) is 4.90 Å². The molecular formula is C15H31NO. The molecule has 2 rings (SSSR count). The minimum absolute atomic E-state index is 0.541. The average Bonchev–Trinajstić information content (AvgIpc) is 2.90. The second-order valence-electron chi connectivity index (χ2n) is 5.21. The molecule has 1 aliphatic carbocycles. The molecule has 1 heterocycles. The van der Waals surface area contributed by atoms with Crippen LogP contribution in [0.15, 0.2) is 0 Å². The molecule has 2 atom stereocenters. The second-order valence-corrected chi connectivity index (χ2v) is 5.21. The highest BCUT2D eigenvalue weighted by molar-refractivity contribution is 4.85. The first-order chi connectivity index (χ1) is 8.33. The summed E-state index contributed by atoms with van der Waals surface area (Å²) in [5, 5.41) is 0. The van der Waals surface area contributed by atoms with Gasteiger partial charge in [-0.25, -0.2) is 0 Å². The van der Waals surface area contributed by atoms with Crippen molar-refractivity contribution in [3.63, 3.8) is 0 Å². The Labute approximate surface area is 108 Å². The van der Waals surface area contributed by atoms with Crippen LogP contribution in [0.1, 0.15) is 59.3 Å². The van der Waals surface area contributed by atoms with Crippen molar-refractivity contribution in [2.45, 2.75) is 71.4 Å². The van der Waals surface area contributed by atoms with Gasteiger partial charge in [-0.2, -0.15) is 0 Å². The SMILES string of the molecule is CC.CCC1CCN(C2CCC(OC)C2)CC1. The summed E-state index contributed by atoms with van der Waals surface area (Å²) >= 11 is 0. The van der Waals surface area contributed by atoms with Crippen molar-refractivity contribution in [3.8, 4) is 0 Å². The van der Waals surface area contributed by atoms with Gasteiger partial charge in [-0.15, -0.1) is 0 Å². The van der Waals surface area contributed by atoms with Gasteiger partial charge >= 0.3 is 0 Å². The Balaban J connectivity index is 0.000000686. The normalized spacial score (nSPS) is 31.1. The van der Waals surface area contributed by atoms with Gasteiger partial charge in [-0.05, 0) is 51.1 Å². The number of piperidine rings is 1. The lowest BCUT2D eigenvalue weighted by molar-refractivity contribution is 0.0865. The molecule has 0 amide bonds. The van der Waals surface area contributed by atoms with E-state index >= 15 is 0 Å². The maximum atomic E-state index is 5.45. The van der Waals surface area contributed by atoms with E-state index in [1.165, 1.54) is 51.6 Å². The van der Waals surface area contributed by atoms with Crippen LogP contribution in [0.5, 0.6) is 0 Å². The highest BCUT2D eigenvalue weighted by Crippen LogP contribution is 2.30. The summed E-state index contributed by atoms with van der Waals surface area (Å²) in [4.78, 5) is 2.71. The van der Waals surface area contributed by atoms with Crippen molar-refractivity contribution in [1.29, 1.82) is 0 Å². The molecule has 17 heavy (non-hydrogen) atoms. The summed E-state index contributed by atoms with van der Waals surface area (Å²) in [6.45, 7) is 9.00. The van der Waals surface area contributed by atoms with Gasteiger partial charge < -0.3 is 9.64 Å². The Morgan fingerprint density at radius 3 is 2.18 bits per heavy atom. The van der Waals surface area contributed by atoms with Gasteiger partial charge in [-0.3, -0.25) is 0 Å². The summed E-state index contributed by atoms with van der Waals surface area (Å²) in [6, 6.07) is 0.827. The summed E-state index contributed by atoms with van der Waals surface area (Å²) < 4.78 is 5.45. The van der Waals surface area contributed by atoms with Crippen molar-refractivity contribution >= 4 is 0 Å². The molecule has 2 unspecified atom stereocenters. The quantitative estimate of drug-likeness (QED) is 0.747. The van der Waals surface area contributed by atoms with Gasteiger partial charge in [0, 0.05) is 13.2 Å². The van der Waals surface area contributed by atoms with Crippen LogP contribution in [0.4, 0.5) is 0 Å². The first kappa shape index (κ1) is 15.0. The van der Waals surface area contributed by atoms with E-state index in [-0.39, 0.29) is 0 Å². The molecule has 2 fully saturated rings. The Kier molecular flexibility index (Phi) is 7.14. The van der Waals surface area contributed by atoms with Gasteiger partial charge in [0.25, 0.3) is 0 Å². The van der Waals surface area contributed by atoms with E-state index in [1.54, 1.807) is 0 Å². The number of rotatable bonds is 3. The van der Waals surface area contributed by atoms with E-state index in [9.17, 15) is 0 Å². The van der Waals surface area contributed by atoms with Gasteiger partial charge in [0.15, 0.2) is 0 Å². The first-order valence-electron chi connectivity index (χ1n) is 7.60. The maximum absolute atomic E-state index is 5.45. The second kappa shape index (κ2) is 8.10. The molecule has 0 aromatic heterocycles. The Morgan fingerprint density at radius 1 is 1.06 bits per heavy atom. The van der Waals surface area contributed by atoms with Crippen molar-refractivity contribution in [2.75, 3.05) is 20.2 Å². The molecular weight excluding hydrogens is 210 g/mol. The molecule has 0 bridgehead atoms. The monoisotopic (exact) mass is 241 g/mol. The number of nitrogens with zero attached hydrogens (tertiary/aromatic N) is 1. The van der Waals surface area contributed by atoms with E-state index in [2.05, 4.69) is 11.8 Å². The lowest BCUT2D eigenvalue weighted by atomic mass is 9.93. The lowest BCUT2D eigenvalue weighted by Crippen LogP contribution is -2.40. The third kappa shape index (κ3) is 4.26. The van der Waals surface area contributed by atoms with Crippen LogP contribution >= 0.6 is 0 Å². The fraction of sp³-hybridized carbons (Fsp3) is 1.00. The van der Waals surface area contributed by atoms with E-state index in [4.69, 9.17) is 4.74 Å². The van der Waals surface area contributed by atoms with E-state index in [0.717, 1.165) is 12.0 Å². The summed E-state index contributed by atoms with van der Waals surface area (Å²) in [6.07, 6.45) is 8.66. The summed E-state index contributed by atoms with van der Waals surface area (Å²) in [7, 11) is 1.86. The standard InChI is InChI=1S/C13H25NO.C2H6/c1-3-11-6-8-14(9-7-11)12-4-5-13(10-12)15-2;1-2/h11-13H,3-10H2,1-2H3;1-2H3. The third-order valence-electron chi connectivity index (χ3n) is 4.43. The molecule has 2 aliphatic rings. The summed E-state index contributed by atoms with van der Waals surface area (Å²) in [5.74, 6) is 1.00. The minimum Gasteiger partial charge on any atom is -0.381 e. The molecule has 102 valence electrons. The van der Waals surface area contributed by atoms with Gasteiger partial charge in [0.05, 0.1) is 6.10 Å². The number of ether oxygens (including phenoxy) is 1. The number of likely N-dealkylation sites (tertiary alicyclic amines) is 1. The first-order valence-corrected chi connectivity index (χ1v) is 7.60. The van der Waals surface area contributed by atoms with E-state index < -0.39 is 0 Å². The van der Waals surface area contributed by atoms with Crippen molar-refractivity contribution in [3.05, 3.63) is 0 Å². The molecule has 1 saturated heterocycles. The van der Waals surface area contributed by atoms with Crippen LogP contribution < -0.4 is 0 Å². The fourth-order valence-corrected chi connectivity index (χ4v) is 3.19. The van der Waals surface area contributed by atoms with Gasteiger partial charge in [-0.1, -0.05) is 27.2 Å². The predicted molar refractivity (Wildman–Crippen MR) is 74.4 cm³/mol. The van der Waals surface area contributed by atoms with E-state index in [1.807, 2.05) is 21.0 Å². The van der Waals surface area contributed by atoms with Crippen LogP contribution in [0, 0.1) is 5.92 Å². The minimum atomic E-state index is 0.541. The number of methoxy groups -OCH3 is 1. The number of hydrogen-bond acceptors (Lipinski definition) is 2. The summed E-state index contributed by atoms with van der Waals surface area (Å²) in [5.41, 5.74) is 0.